The molecule has 0 aromatic rings. The van der Waals surface area contributed by atoms with Crippen molar-refractivity contribution >= 4 is 0 Å². The molecule has 2 fully saturated rings. The summed E-state index contributed by atoms with van der Waals surface area (Å²) in [6.45, 7) is 7.66. The maximum Gasteiger partial charge on any atom is 0.00680 e. The summed E-state index contributed by atoms with van der Waals surface area (Å²) in [6, 6.07) is 0.838. The van der Waals surface area contributed by atoms with E-state index in [0.717, 1.165) is 12.0 Å². The largest absolute Gasteiger partial charge is 0.314 e. The quantitative estimate of drug-likeness (QED) is 0.779. The van der Waals surface area contributed by atoms with Gasteiger partial charge in [-0.05, 0) is 77.0 Å². The van der Waals surface area contributed by atoms with Gasteiger partial charge in [-0.15, -0.1) is 0 Å². The number of hydrogen-bond acceptors (Lipinski definition) is 2. The molecule has 106 valence electrons. The van der Waals surface area contributed by atoms with Crippen molar-refractivity contribution in [2.75, 3.05) is 26.2 Å². The molecule has 2 atom stereocenters. The van der Waals surface area contributed by atoms with Crippen LogP contribution in [0.1, 0.15) is 64.7 Å². The van der Waals surface area contributed by atoms with Gasteiger partial charge in [0.2, 0.25) is 0 Å². The van der Waals surface area contributed by atoms with Gasteiger partial charge in [-0.25, -0.2) is 0 Å². The maximum absolute atomic E-state index is 3.61. The van der Waals surface area contributed by atoms with E-state index in [2.05, 4.69) is 17.1 Å². The number of nitrogens with one attached hydrogen (secondary N) is 1. The van der Waals surface area contributed by atoms with Crippen molar-refractivity contribution in [3.63, 3.8) is 0 Å². The van der Waals surface area contributed by atoms with Gasteiger partial charge in [0.25, 0.3) is 0 Å². The summed E-state index contributed by atoms with van der Waals surface area (Å²) in [6.07, 6.45) is 12.8. The van der Waals surface area contributed by atoms with Gasteiger partial charge >= 0.3 is 0 Å². The highest BCUT2D eigenvalue weighted by Crippen LogP contribution is 2.22. The molecule has 0 spiro atoms. The molecule has 2 heterocycles. The Morgan fingerprint density at radius 3 is 2.78 bits per heavy atom. The molecular weight excluding hydrogens is 220 g/mol. The molecule has 2 unspecified atom stereocenters. The SMILES string of the molecule is CCCC1CCCN(CCCC2CCCN2)CC1. The first-order valence-corrected chi connectivity index (χ1v) is 8.34. The van der Waals surface area contributed by atoms with Crippen LogP contribution < -0.4 is 5.32 Å². The van der Waals surface area contributed by atoms with E-state index in [-0.39, 0.29) is 0 Å². The van der Waals surface area contributed by atoms with Gasteiger partial charge in [0.05, 0.1) is 0 Å². The molecule has 2 heteroatoms. The molecule has 0 aliphatic carbocycles. The monoisotopic (exact) mass is 252 g/mol. The topological polar surface area (TPSA) is 15.3 Å². The van der Waals surface area contributed by atoms with Gasteiger partial charge in [0, 0.05) is 6.04 Å². The van der Waals surface area contributed by atoms with Crippen LogP contribution in [0.5, 0.6) is 0 Å². The highest BCUT2D eigenvalue weighted by Gasteiger charge is 2.17. The summed E-state index contributed by atoms with van der Waals surface area (Å²) in [7, 11) is 0. The molecule has 2 rings (SSSR count). The molecule has 0 amide bonds. The van der Waals surface area contributed by atoms with E-state index in [1.807, 2.05) is 0 Å². The van der Waals surface area contributed by atoms with E-state index in [0.29, 0.717) is 0 Å². The number of rotatable bonds is 6. The fraction of sp³-hybridized carbons (Fsp3) is 1.00. The lowest BCUT2D eigenvalue weighted by Gasteiger charge is -2.21. The zero-order chi connectivity index (χ0) is 12.6. The van der Waals surface area contributed by atoms with Crippen molar-refractivity contribution < 1.29 is 0 Å². The normalized spacial score (nSPS) is 30.5. The van der Waals surface area contributed by atoms with Crippen LogP contribution in [0.2, 0.25) is 0 Å². The first-order chi connectivity index (χ1) is 8.88. The third-order valence-electron chi connectivity index (χ3n) is 4.83. The molecule has 2 aliphatic heterocycles. The Bertz CT molecular complexity index is 211. The summed E-state index contributed by atoms with van der Waals surface area (Å²) in [5, 5.41) is 3.61. The number of likely N-dealkylation sites (tertiary alicyclic amines) is 1. The lowest BCUT2D eigenvalue weighted by atomic mass is 9.96. The molecule has 2 aliphatic rings. The van der Waals surface area contributed by atoms with Gasteiger partial charge in [-0.2, -0.15) is 0 Å². The third kappa shape index (κ3) is 4.89. The van der Waals surface area contributed by atoms with Crippen LogP contribution in [0.3, 0.4) is 0 Å². The van der Waals surface area contributed by atoms with Crippen LogP contribution in [0.15, 0.2) is 0 Å². The van der Waals surface area contributed by atoms with Gasteiger partial charge in [0.1, 0.15) is 0 Å². The van der Waals surface area contributed by atoms with Crippen LogP contribution in [-0.4, -0.2) is 37.1 Å². The zero-order valence-corrected chi connectivity index (χ0v) is 12.3. The van der Waals surface area contributed by atoms with Crippen LogP contribution >= 0.6 is 0 Å². The van der Waals surface area contributed by atoms with Gasteiger partial charge in [-0.1, -0.05) is 19.8 Å². The Labute approximate surface area is 114 Å². The number of hydrogen-bond donors (Lipinski definition) is 1. The molecule has 0 aromatic carbocycles. The Kier molecular flexibility index (Phi) is 6.50. The van der Waals surface area contributed by atoms with Crippen molar-refractivity contribution in [2.24, 2.45) is 5.92 Å². The Balaban J connectivity index is 1.58. The van der Waals surface area contributed by atoms with Crippen molar-refractivity contribution in [1.29, 1.82) is 0 Å². The lowest BCUT2D eigenvalue weighted by Crippen LogP contribution is -2.28. The highest BCUT2D eigenvalue weighted by atomic mass is 15.1. The van der Waals surface area contributed by atoms with Gasteiger partial charge in [-0.3, -0.25) is 0 Å². The van der Waals surface area contributed by atoms with Crippen LogP contribution in [0, 0.1) is 5.92 Å². The van der Waals surface area contributed by atoms with E-state index < -0.39 is 0 Å². The fourth-order valence-electron chi connectivity index (χ4n) is 3.71. The molecule has 0 radical (unpaired) electrons. The standard InChI is InChI=1S/C16H32N2/c1-2-6-15-7-4-12-18(14-10-15)13-5-9-16-8-3-11-17-16/h15-17H,2-14H2,1H3. The van der Waals surface area contributed by atoms with E-state index in [1.165, 1.54) is 84.0 Å². The molecule has 1 N–H and O–H groups in total. The first kappa shape index (κ1) is 14.3. The highest BCUT2D eigenvalue weighted by molar-refractivity contribution is 4.75. The molecular formula is C16H32N2. The zero-order valence-electron chi connectivity index (χ0n) is 12.3. The molecule has 2 nitrogen and oxygen atoms in total. The summed E-state index contributed by atoms with van der Waals surface area (Å²) >= 11 is 0. The van der Waals surface area contributed by atoms with Crippen molar-refractivity contribution in [2.45, 2.75) is 70.8 Å². The second-order valence-corrected chi connectivity index (χ2v) is 6.36. The van der Waals surface area contributed by atoms with Crippen molar-refractivity contribution in [1.82, 2.24) is 10.2 Å². The average molecular weight is 252 g/mol. The molecule has 18 heavy (non-hydrogen) atoms. The smallest absolute Gasteiger partial charge is 0.00680 e. The molecule has 0 saturated carbocycles. The number of nitrogens with zero attached hydrogens (tertiary/aromatic N) is 1. The second kappa shape index (κ2) is 8.16. The second-order valence-electron chi connectivity index (χ2n) is 6.36. The van der Waals surface area contributed by atoms with E-state index in [4.69, 9.17) is 0 Å². The minimum atomic E-state index is 0.838. The Morgan fingerprint density at radius 1 is 1.06 bits per heavy atom. The predicted octanol–water partition coefficient (Wildman–Crippen LogP) is 3.42. The van der Waals surface area contributed by atoms with Crippen molar-refractivity contribution in [3.8, 4) is 0 Å². The van der Waals surface area contributed by atoms with E-state index >= 15 is 0 Å². The summed E-state index contributed by atoms with van der Waals surface area (Å²) in [4.78, 5) is 2.73. The fourth-order valence-corrected chi connectivity index (χ4v) is 3.71. The summed E-state index contributed by atoms with van der Waals surface area (Å²) in [5.74, 6) is 1.02. The van der Waals surface area contributed by atoms with Crippen molar-refractivity contribution in [3.05, 3.63) is 0 Å². The predicted molar refractivity (Wildman–Crippen MR) is 78.9 cm³/mol. The van der Waals surface area contributed by atoms with Crippen LogP contribution in [0.4, 0.5) is 0 Å². The minimum Gasteiger partial charge on any atom is -0.314 e. The Morgan fingerprint density at radius 2 is 2.00 bits per heavy atom. The minimum absolute atomic E-state index is 0.838. The molecule has 2 saturated heterocycles. The van der Waals surface area contributed by atoms with Crippen LogP contribution in [-0.2, 0) is 0 Å². The molecule has 0 bridgehead atoms. The van der Waals surface area contributed by atoms with Gasteiger partial charge in [0.15, 0.2) is 0 Å². The third-order valence-corrected chi connectivity index (χ3v) is 4.83. The summed E-state index contributed by atoms with van der Waals surface area (Å²) < 4.78 is 0. The lowest BCUT2D eigenvalue weighted by molar-refractivity contribution is 0.269. The van der Waals surface area contributed by atoms with E-state index in [1.54, 1.807) is 0 Å². The maximum atomic E-state index is 3.61. The average Bonchev–Trinajstić information content (AvgIpc) is 2.78. The van der Waals surface area contributed by atoms with Gasteiger partial charge < -0.3 is 10.2 Å². The summed E-state index contributed by atoms with van der Waals surface area (Å²) in [5.41, 5.74) is 0. The molecule has 0 aromatic heterocycles. The van der Waals surface area contributed by atoms with E-state index in [9.17, 15) is 0 Å². The van der Waals surface area contributed by atoms with Crippen LogP contribution in [0.25, 0.3) is 0 Å². The Hall–Kier alpha value is -0.0800. The first-order valence-electron chi connectivity index (χ1n) is 8.34.